The van der Waals surface area contributed by atoms with Gasteiger partial charge in [0.05, 0.1) is 6.54 Å². The fraction of sp³-hybridized carbons (Fsp3) is 0.176. The van der Waals surface area contributed by atoms with Gasteiger partial charge in [-0.25, -0.2) is 9.66 Å². The van der Waals surface area contributed by atoms with Crippen molar-refractivity contribution in [2.75, 3.05) is 5.43 Å². The number of hydrogen-bond acceptors (Lipinski definition) is 3. The zero-order chi connectivity index (χ0) is 16.4. The Balaban J connectivity index is 2.06. The molecule has 0 unspecified atom stereocenters. The molecule has 0 saturated carbocycles. The van der Waals surface area contributed by atoms with Crippen molar-refractivity contribution in [1.29, 1.82) is 0 Å². The van der Waals surface area contributed by atoms with Gasteiger partial charge < -0.3 is 5.43 Å². The average molecular weight is 364 g/mol. The van der Waals surface area contributed by atoms with Gasteiger partial charge in [0.25, 0.3) is 0 Å². The van der Waals surface area contributed by atoms with E-state index in [4.69, 9.17) is 35.4 Å². The summed E-state index contributed by atoms with van der Waals surface area (Å²) in [6, 6.07) is 11.5. The fourth-order valence-electron chi connectivity index (χ4n) is 2.46. The van der Waals surface area contributed by atoms with E-state index in [0.717, 1.165) is 33.2 Å². The normalized spacial score (nSPS) is 10.9. The summed E-state index contributed by atoms with van der Waals surface area (Å²) < 4.78 is 2.56. The summed E-state index contributed by atoms with van der Waals surface area (Å²) in [6.45, 7) is 2.55. The second-order valence-electron chi connectivity index (χ2n) is 5.12. The molecule has 0 fully saturated rings. The van der Waals surface area contributed by atoms with E-state index in [2.05, 4.69) is 23.4 Å². The van der Waals surface area contributed by atoms with Crippen molar-refractivity contribution >= 4 is 46.5 Å². The van der Waals surface area contributed by atoms with Gasteiger partial charge in [-0.3, -0.25) is 0 Å². The largest absolute Gasteiger partial charge is 0.319 e. The zero-order valence-corrected chi connectivity index (χ0v) is 14.8. The molecule has 0 bridgehead atoms. The summed E-state index contributed by atoms with van der Waals surface area (Å²) in [5.41, 5.74) is 6.03. The van der Waals surface area contributed by atoms with E-state index in [9.17, 15) is 0 Å². The molecule has 0 aliphatic carbocycles. The van der Waals surface area contributed by atoms with Crippen LogP contribution in [0.3, 0.4) is 0 Å². The van der Waals surface area contributed by atoms with Crippen molar-refractivity contribution in [1.82, 2.24) is 9.66 Å². The summed E-state index contributed by atoms with van der Waals surface area (Å²) in [7, 11) is 0. The summed E-state index contributed by atoms with van der Waals surface area (Å²) in [6.07, 6.45) is 2.61. The van der Waals surface area contributed by atoms with Crippen LogP contribution in [0.1, 0.15) is 18.1 Å². The number of rotatable bonds is 4. The van der Waals surface area contributed by atoms with Gasteiger partial charge in [-0.15, -0.1) is 0 Å². The average Bonchev–Trinajstić information content (AvgIpc) is 2.55. The lowest BCUT2D eigenvalue weighted by molar-refractivity contribution is 0.830. The number of nitrogens with zero attached hydrogens (tertiary/aromatic N) is 2. The zero-order valence-electron chi connectivity index (χ0n) is 12.5. The maximum absolute atomic E-state index is 6.24. The molecule has 0 amide bonds. The SMILES string of the molecule is CCc1cc2cccnc2n(NCc2c(Cl)cccc2Cl)c1=S. The molecule has 2 heterocycles. The van der Waals surface area contributed by atoms with Crippen molar-refractivity contribution in [2.24, 2.45) is 0 Å². The van der Waals surface area contributed by atoms with Crippen LogP contribution in [0.4, 0.5) is 0 Å². The van der Waals surface area contributed by atoms with E-state index in [-0.39, 0.29) is 0 Å². The van der Waals surface area contributed by atoms with Gasteiger partial charge in [0.15, 0.2) is 5.65 Å². The number of benzene rings is 1. The molecule has 0 atom stereocenters. The standard InChI is InChI=1S/C17H15Cl2N3S/c1-2-11-9-12-5-4-8-20-16(12)22(17(11)23)21-10-13-14(18)6-3-7-15(13)19/h3-9,21H,2,10H2,1H3. The Morgan fingerprint density at radius 2 is 1.91 bits per heavy atom. The Morgan fingerprint density at radius 1 is 1.17 bits per heavy atom. The van der Waals surface area contributed by atoms with E-state index in [1.807, 2.05) is 35.0 Å². The van der Waals surface area contributed by atoms with E-state index in [1.165, 1.54) is 0 Å². The molecule has 3 rings (SSSR count). The van der Waals surface area contributed by atoms with Crippen molar-refractivity contribution < 1.29 is 0 Å². The lowest BCUT2D eigenvalue weighted by Crippen LogP contribution is -2.18. The number of hydrogen-bond donors (Lipinski definition) is 1. The van der Waals surface area contributed by atoms with Gasteiger partial charge in [-0.05, 0) is 42.3 Å². The second-order valence-corrected chi connectivity index (χ2v) is 6.32. The Kier molecular flexibility index (Phi) is 4.85. The molecule has 23 heavy (non-hydrogen) atoms. The summed E-state index contributed by atoms with van der Waals surface area (Å²) in [5.74, 6) is 0. The van der Waals surface area contributed by atoms with Crippen LogP contribution in [0, 0.1) is 4.64 Å². The molecule has 0 aliphatic rings. The van der Waals surface area contributed by atoms with Crippen LogP contribution in [-0.4, -0.2) is 9.66 Å². The molecule has 3 aromatic rings. The maximum Gasteiger partial charge on any atom is 0.159 e. The molecule has 1 N–H and O–H groups in total. The molecule has 0 radical (unpaired) electrons. The van der Waals surface area contributed by atoms with Crippen molar-refractivity contribution in [3.8, 4) is 0 Å². The first-order chi connectivity index (χ1) is 11.1. The van der Waals surface area contributed by atoms with Crippen LogP contribution < -0.4 is 5.43 Å². The minimum atomic E-state index is 0.464. The van der Waals surface area contributed by atoms with Gasteiger partial charge in [0, 0.05) is 27.2 Å². The Hall–Kier alpha value is -1.62. The highest BCUT2D eigenvalue weighted by molar-refractivity contribution is 7.71. The third-order valence-corrected chi connectivity index (χ3v) is 4.85. The molecule has 0 aliphatic heterocycles. The number of pyridine rings is 2. The van der Waals surface area contributed by atoms with Crippen LogP contribution in [0.2, 0.25) is 10.0 Å². The Bertz CT molecular complexity index is 901. The molecule has 118 valence electrons. The molecule has 0 spiro atoms. The lowest BCUT2D eigenvalue weighted by Gasteiger charge is -2.16. The molecule has 1 aromatic carbocycles. The highest BCUT2D eigenvalue weighted by Crippen LogP contribution is 2.24. The van der Waals surface area contributed by atoms with Gasteiger partial charge in [-0.1, -0.05) is 48.4 Å². The Morgan fingerprint density at radius 3 is 2.61 bits per heavy atom. The van der Waals surface area contributed by atoms with E-state index in [0.29, 0.717) is 16.6 Å². The number of aryl methyl sites for hydroxylation is 1. The minimum Gasteiger partial charge on any atom is -0.319 e. The monoisotopic (exact) mass is 363 g/mol. The summed E-state index contributed by atoms with van der Waals surface area (Å²) in [5, 5.41) is 2.29. The quantitative estimate of drug-likeness (QED) is 0.631. The summed E-state index contributed by atoms with van der Waals surface area (Å²) >= 11 is 18.1. The predicted molar refractivity (Wildman–Crippen MR) is 99.5 cm³/mol. The van der Waals surface area contributed by atoms with Gasteiger partial charge in [-0.2, -0.15) is 0 Å². The number of fused-ring (bicyclic) bond motifs is 1. The van der Waals surface area contributed by atoms with Crippen LogP contribution >= 0.6 is 35.4 Å². The van der Waals surface area contributed by atoms with E-state index >= 15 is 0 Å². The molecule has 0 saturated heterocycles. The molecule has 6 heteroatoms. The minimum absolute atomic E-state index is 0.464. The topological polar surface area (TPSA) is 29.9 Å². The Labute approximate surface area is 149 Å². The molecule has 2 aromatic heterocycles. The maximum atomic E-state index is 6.24. The molecule has 3 nitrogen and oxygen atoms in total. The first kappa shape index (κ1) is 16.2. The first-order valence-electron chi connectivity index (χ1n) is 7.28. The molecular formula is C17H15Cl2N3S. The first-order valence-corrected chi connectivity index (χ1v) is 8.44. The van der Waals surface area contributed by atoms with E-state index in [1.54, 1.807) is 6.20 Å². The van der Waals surface area contributed by atoms with Gasteiger partial charge in [0.1, 0.15) is 4.64 Å². The lowest BCUT2D eigenvalue weighted by atomic mass is 10.2. The fourth-order valence-corrected chi connectivity index (χ4v) is 3.34. The number of aromatic nitrogens is 2. The highest BCUT2D eigenvalue weighted by Gasteiger charge is 2.09. The smallest absolute Gasteiger partial charge is 0.159 e. The number of halogens is 2. The van der Waals surface area contributed by atoms with Crippen LogP contribution in [-0.2, 0) is 13.0 Å². The van der Waals surface area contributed by atoms with Crippen molar-refractivity contribution in [2.45, 2.75) is 19.9 Å². The highest BCUT2D eigenvalue weighted by atomic mass is 35.5. The third kappa shape index (κ3) is 3.20. The second kappa shape index (κ2) is 6.87. The van der Waals surface area contributed by atoms with Gasteiger partial charge >= 0.3 is 0 Å². The van der Waals surface area contributed by atoms with Crippen molar-refractivity contribution in [3.05, 3.63) is 68.4 Å². The van der Waals surface area contributed by atoms with Crippen LogP contribution in [0.25, 0.3) is 11.0 Å². The summed E-state index contributed by atoms with van der Waals surface area (Å²) in [4.78, 5) is 4.44. The number of nitrogens with one attached hydrogen (secondary N) is 1. The predicted octanol–water partition coefficient (Wildman–Crippen LogP) is 5.38. The molecular weight excluding hydrogens is 349 g/mol. The van der Waals surface area contributed by atoms with Crippen LogP contribution in [0.15, 0.2) is 42.6 Å². The third-order valence-electron chi connectivity index (χ3n) is 3.69. The van der Waals surface area contributed by atoms with Crippen molar-refractivity contribution in [3.63, 3.8) is 0 Å². The van der Waals surface area contributed by atoms with E-state index < -0.39 is 0 Å². The van der Waals surface area contributed by atoms with Crippen LogP contribution in [0.5, 0.6) is 0 Å². The van der Waals surface area contributed by atoms with Gasteiger partial charge in [0.2, 0.25) is 0 Å².